The van der Waals surface area contributed by atoms with Gasteiger partial charge in [0.25, 0.3) is 5.91 Å². The van der Waals surface area contributed by atoms with Crippen molar-refractivity contribution < 1.29 is 13.2 Å². The van der Waals surface area contributed by atoms with Crippen LogP contribution in [-0.2, 0) is 10.0 Å². The summed E-state index contributed by atoms with van der Waals surface area (Å²) >= 11 is 0. The first-order chi connectivity index (χ1) is 12.5. The zero-order chi connectivity index (χ0) is 18.6. The molecule has 3 rings (SSSR count). The lowest BCUT2D eigenvalue weighted by Gasteiger charge is -2.16. The highest BCUT2D eigenvalue weighted by Crippen LogP contribution is 2.22. The van der Waals surface area contributed by atoms with E-state index in [1.807, 2.05) is 18.2 Å². The fraction of sp³-hybridized carbons (Fsp3) is 0.350. The SMILES string of the molecule is CCC(CNC(=O)c1ccc(S(=O)(=O)NC2CC2)cc1)c1ccccc1. The first-order valence-corrected chi connectivity index (χ1v) is 10.4. The molecular weight excluding hydrogens is 348 g/mol. The topological polar surface area (TPSA) is 75.3 Å². The number of carbonyl (C=O) groups excluding carboxylic acids is 1. The van der Waals surface area contributed by atoms with E-state index in [-0.39, 0.29) is 22.8 Å². The van der Waals surface area contributed by atoms with Crippen LogP contribution in [0, 0.1) is 0 Å². The molecule has 2 N–H and O–H groups in total. The van der Waals surface area contributed by atoms with E-state index >= 15 is 0 Å². The van der Waals surface area contributed by atoms with Crippen molar-refractivity contribution >= 4 is 15.9 Å². The lowest BCUT2D eigenvalue weighted by molar-refractivity contribution is 0.0951. The second kappa shape index (κ2) is 8.01. The first-order valence-electron chi connectivity index (χ1n) is 8.95. The Morgan fingerprint density at radius 3 is 2.31 bits per heavy atom. The maximum atomic E-state index is 12.4. The molecule has 1 atom stereocenters. The normalized spacial score (nSPS) is 15.4. The minimum Gasteiger partial charge on any atom is -0.351 e. The van der Waals surface area contributed by atoms with Gasteiger partial charge in [0.2, 0.25) is 10.0 Å². The van der Waals surface area contributed by atoms with Crippen LogP contribution < -0.4 is 10.0 Å². The van der Waals surface area contributed by atoms with Crippen LogP contribution in [0.15, 0.2) is 59.5 Å². The van der Waals surface area contributed by atoms with Crippen molar-refractivity contribution in [1.29, 1.82) is 0 Å². The third kappa shape index (κ3) is 4.71. The number of nitrogens with one attached hydrogen (secondary N) is 2. The van der Waals surface area contributed by atoms with E-state index in [0.717, 1.165) is 19.3 Å². The quantitative estimate of drug-likeness (QED) is 0.748. The van der Waals surface area contributed by atoms with Crippen LogP contribution in [0.3, 0.4) is 0 Å². The summed E-state index contributed by atoms with van der Waals surface area (Å²) in [5.41, 5.74) is 1.65. The van der Waals surface area contributed by atoms with Gasteiger partial charge in [0.1, 0.15) is 0 Å². The largest absolute Gasteiger partial charge is 0.351 e. The Balaban J connectivity index is 1.61. The molecule has 0 aliphatic heterocycles. The molecule has 0 radical (unpaired) electrons. The Morgan fingerprint density at radius 1 is 1.08 bits per heavy atom. The molecule has 1 amide bonds. The molecule has 0 heterocycles. The summed E-state index contributed by atoms with van der Waals surface area (Å²) in [5.74, 6) is 0.0565. The van der Waals surface area contributed by atoms with Gasteiger partial charge in [0.15, 0.2) is 0 Å². The van der Waals surface area contributed by atoms with Crippen molar-refractivity contribution in [2.45, 2.75) is 43.0 Å². The number of rotatable bonds is 8. The van der Waals surface area contributed by atoms with Crippen molar-refractivity contribution in [1.82, 2.24) is 10.0 Å². The fourth-order valence-corrected chi connectivity index (χ4v) is 4.12. The number of benzene rings is 2. The van der Waals surface area contributed by atoms with E-state index in [4.69, 9.17) is 0 Å². The monoisotopic (exact) mass is 372 g/mol. The minimum absolute atomic E-state index is 0.0620. The molecule has 1 fully saturated rings. The van der Waals surface area contributed by atoms with Gasteiger partial charge >= 0.3 is 0 Å². The fourth-order valence-electron chi connectivity index (χ4n) is 2.82. The van der Waals surface area contributed by atoms with Gasteiger partial charge in [0.05, 0.1) is 4.90 Å². The van der Waals surface area contributed by atoms with E-state index < -0.39 is 10.0 Å². The third-order valence-corrected chi connectivity index (χ3v) is 6.14. The second-order valence-corrected chi connectivity index (χ2v) is 8.36. The lowest BCUT2D eigenvalue weighted by atomic mass is 9.96. The van der Waals surface area contributed by atoms with Crippen LogP contribution in [0.25, 0.3) is 0 Å². The Kier molecular flexibility index (Phi) is 5.74. The highest BCUT2D eigenvalue weighted by Gasteiger charge is 2.28. The maximum Gasteiger partial charge on any atom is 0.251 e. The number of hydrogen-bond acceptors (Lipinski definition) is 3. The van der Waals surface area contributed by atoms with Gasteiger partial charge in [-0.1, -0.05) is 37.3 Å². The molecule has 2 aromatic carbocycles. The zero-order valence-electron chi connectivity index (χ0n) is 14.8. The van der Waals surface area contributed by atoms with Gasteiger partial charge in [0, 0.05) is 24.1 Å². The van der Waals surface area contributed by atoms with Crippen molar-refractivity contribution in [2.75, 3.05) is 6.54 Å². The number of sulfonamides is 1. The van der Waals surface area contributed by atoms with Crippen molar-refractivity contribution in [2.24, 2.45) is 0 Å². The highest BCUT2D eigenvalue weighted by molar-refractivity contribution is 7.89. The summed E-state index contributed by atoms with van der Waals surface area (Å²) in [6, 6.07) is 16.2. The summed E-state index contributed by atoms with van der Waals surface area (Å²) in [6.07, 6.45) is 2.70. The summed E-state index contributed by atoms with van der Waals surface area (Å²) in [6.45, 7) is 2.64. The van der Waals surface area contributed by atoms with Gasteiger partial charge in [-0.25, -0.2) is 13.1 Å². The van der Waals surface area contributed by atoms with E-state index in [9.17, 15) is 13.2 Å². The van der Waals surface area contributed by atoms with Crippen LogP contribution >= 0.6 is 0 Å². The molecule has 26 heavy (non-hydrogen) atoms. The van der Waals surface area contributed by atoms with Gasteiger partial charge < -0.3 is 5.32 Å². The Bertz CT molecular complexity index is 844. The molecule has 1 saturated carbocycles. The molecule has 0 saturated heterocycles. The number of carbonyl (C=O) groups is 1. The molecule has 1 aliphatic carbocycles. The Hall–Kier alpha value is -2.18. The van der Waals surface area contributed by atoms with Crippen LogP contribution in [0.5, 0.6) is 0 Å². The Labute approximate surface area is 154 Å². The predicted molar refractivity (Wildman–Crippen MR) is 102 cm³/mol. The average molecular weight is 372 g/mol. The number of amides is 1. The standard InChI is InChI=1S/C20H24N2O3S/c1-2-15(16-6-4-3-5-7-16)14-21-20(23)17-8-12-19(13-9-17)26(24,25)22-18-10-11-18/h3-9,12-13,15,18,22H,2,10-11,14H2,1H3,(H,21,23). The predicted octanol–water partition coefficient (Wildman–Crippen LogP) is 3.05. The summed E-state index contributed by atoms with van der Waals surface area (Å²) in [7, 11) is -3.49. The molecule has 138 valence electrons. The summed E-state index contributed by atoms with van der Waals surface area (Å²) in [4.78, 5) is 12.6. The van der Waals surface area contributed by atoms with Crippen molar-refractivity contribution in [3.05, 3.63) is 65.7 Å². The van der Waals surface area contributed by atoms with Gasteiger partial charge in [-0.2, -0.15) is 0 Å². The highest BCUT2D eigenvalue weighted by atomic mass is 32.2. The van der Waals surface area contributed by atoms with Crippen LogP contribution in [0.2, 0.25) is 0 Å². The summed E-state index contributed by atoms with van der Waals surface area (Å²) < 4.78 is 27.0. The van der Waals surface area contributed by atoms with E-state index in [2.05, 4.69) is 29.1 Å². The van der Waals surface area contributed by atoms with Gasteiger partial charge in [-0.05, 0) is 49.1 Å². The van der Waals surface area contributed by atoms with E-state index in [1.54, 1.807) is 12.1 Å². The second-order valence-electron chi connectivity index (χ2n) is 6.65. The molecule has 0 aromatic heterocycles. The van der Waals surface area contributed by atoms with Crippen LogP contribution in [0.1, 0.15) is 48.0 Å². The molecule has 6 heteroatoms. The van der Waals surface area contributed by atoms with E-state index in [0.29, 0.717) is 12.1 Å². The molecule has 0 bridgehead atoms. The summed E-state index contributed by atoms with van der Waals surface area (Å²) in [5, 5.41) is 2.94. The maximum absolute atomic E-state index is 12.4. The van der Waals surface area contributed by atoms with Gasteiger partial charge in [-0.15, -0.1) is 0 Å². The lowest BCUT2D eigenvalue weighted by Crippen LogP contribution is -2.28. The molecule has 2 aromatic rings. The minimum atomic E-state index is -3.49. The van der Waals surface area contributed by atoms with E-state index in [1.165, 1.54) is 17.7 Å². The smallest absolute Gasteiger partial charge is 0.251 e. The van der Waals surface area contributed by atoms with Crippen LogP contribution in [0.4, 0.5) is 0 Å². The molecule has 1 aliphatic rings. The molecule has 5 nitrogen and oxygen atoms in total. The molecular formula is C20H24N2O3S. The first kappa shape index (κ1) is 18.6. The van der Waals surface area contributed by atoms with Crippen molar-refractivity contribution in [3.8, 4) is 0 Å². The Morgan fingerprint density at radius 2 is 1.73 bits per heavy atom. The number of hydrogen-bond donors (Lipinski definition) is 2. The molecule has 1 unspecified atom stereocenters. The molecule has 0 spiro atoms. The average Bonchev–Trinajstić information content (AvgIpc) is 3.46. The third-order valence-electron chi connectivity index (χ3n) is 4.60. The van der Waals surface area contributed by atoms with Crippen molar-refractivity contribution in [3.63, 3.8) is 0 Å². The van der Waals surface area contributed by atoms with Gasteiger partial charge in [-0.3, -0.25) is 4.79 Å². The van der Waals surface area contributed by atoms with Crippen LogP contribution in [-0.4, -0.2) is 26.9 Å². The zero-order valence-corrected chi connectivity index (χ0v) is 15.6.